The van der Waals surface area contributed by atoms with Crippen LogP contribution < -0.4 is 0 Å². The Balaban J connectivity index is 1.73. The van der Waals surface area contributed by atoms with Crippen molar-refractivity contribution in [3.05, 3.63) is 65.5 Å². The lowest BCUT2D eigenvalue weighted by molar-refractivity contribution is 0.142. The molecule has 1 N–H and O–H groups in total. The van der Waals surface area contributed by atoms with Crippen LogP contribution in [0.15, 0.2) is 58.5 Å². The molecule has 24 heavy (non-hydrogen) atoms. The molecule has 2 heterocycles. The third kappa shape index (κ3) is 4.32. The summed E-state index contributed by atoms with van der Waals surface area (Å²) in [6.45, 7) is 3.74. The van der Waals surface area contributed by atoms with Crippen molar-refractivity contribution in [2.24, 2.45) is 0 Å². The minimum Gasteiger partial charge on any atom is -0.438 e. The number of aromatic nitrogens is 1. The SMILES string of the molecule is CC(CCO)N(Cc1ccccc1)Cc1ncc(-c2cccs2)o1. The van der Waals surface area contributed by atoms with Gasteiger partial charge in [0.05, 0.1) is 17.6 Å². The van der Waals surface area contributed by atoms with Gasteiger partial charge in [-0.15, -0.1) is 11.3 Å². The van der Waals surface area contributed by atoms with Crippen LogP contribution >= 0.6 is 11.3 Å². The first-order valence-electron chi connectivity index (χ1n) is 8.13. The Morgan fingerprint density at radius 2 is 2.00 bits per heavy atom. The lowest BCUT2D eigenvalue weighted by Crippen LogP contribution is -2.33. The van der Waals surface area contributed by atoms with E-state index in [1.54, 1.807) is 17.5 Å². The standard InChI is InChI=1S/C19H22N2O2S/c1-15(9-10-22)21(13-16-6-3-2-4-7-16)14-19-20-12-17(23-19)18-8-5-11-24-18/h2-8,11-12,15,22H,9-10,13-14H2,1H3. The number of aliphatic hydroxyl groups is 1. The van der Waals surface area contributed by atoms with Gasteiger partial charge in [0.1, 0.15) is 0 Å². The summed E-state index contributed by atoms with van der Waals surface area (Å²) in [5, 5.41) is 11.3. The number of benzene rings is 1. The maximum Gasteiger partial charge on any atom is 0.209 e. The monoisotopic (exact) mass is 342 g/mol. The van der Waals surface area contributed by atoms with Gasteiger partial charge in [-0.05, 0) is 30.4 Å². The summed E-state index contributed by atoms with van der Waals surface area (Å²) in [6, 6.07) is 14.6. The Labute approximate surface area is 146 Å². The molecule has 2 aromatic heterocycles. The molecule has 0 aliphatic rings. The first-order valence-corrected chi connectivity index (χ1v) is 9.01. The fourth-order valence-electron chi connectivity index (χ4n) is 2.64. The quantitative estimate of drug-likeness (QED) is 0.667. The summed E-state index contributed by atoms with van der Waals surface area (Å²) in [5.74, 6) is 1.52. The lowest BCUT2D eigenvalue weighted by Gasteiger charge is -2.27. The van der Waals surface area contributed by atoms with Crippen molar-refractivity contribution in [3.63, 3.8) is 0 Å². The lowest BCUT2D eigenvalue weighted by atomic mass is 10.1. The van der Waals surface area contributed by atoms with E-state index in [1.807, 2.05) is 35.7 Å². The van der Waals surface area contributed by atoms with Gasteiger partial charge in [0.15, 0.2) is 5.76 Å². The van der Waals surface area contributed by atoms with Crippen molar-refractivity contribution in [1.29, 1.82) is 0 Å². The summed E-state index contributed by atoms with van der Waals surface area (Å²) >= 11 is 1.64. The van der Waals surface area contributed by atoms with Gasteiger partial charge in [-0.1, -0.05) is 36.4 Å². The zero-order valence-corrected chi connectivity index (χ0v) is 14.6. The second-order valence-corrected chi connectivity index (χ2v) is 6.80. The van der Waals surface area contributed by atoms with Crippen LogP contribution in [0.25, 0.3) is 10.6 Å². The molecule has 3 aromatic rings. The zero-order chi connectivity index (χ0) is 16.8. The third-order valence-electron chi connectivity index (χ3n) is 4.05. The van der Waals surface area contributed by atoms with E-state index in [0.717, 1.165) is 23.6 Å². The van der Waals surface area contributed by atoms with Gasteiger partial charge < -0.3 is 9.52 Å². The highest BCUT2D eigenvalue weighted by molar-refractivity contribution is 7.13. The molecule has 126 valence electrons. The van der Waals surface area contributed by atoms with E-state index in [4.69, 9.17) is 4.42 Å². The summed E-state index contributed by atoms with van der Waals surface area (Å²) in [4.78, 5) is 7.81. The number of hydrogen-bond donors (Lipinski definition) is 1. The van der Waals surface area contributed by atoms with Gasteiger partial charge in [-0.2, -0.15) is 0 Å². The number of oxazole rings is 1. The van der Waals surface area contributed by atoms with Crippen molar-refractivity contribution in [3.8, 4) is 10.6 Å². The van der Waals surface area contributed by atoms with Gasteiger partial charge in [-0.3, -0.25) is 4.90 Å². The first kappa shape index (κ1) is 16.9. The largest absolute Gasteiger partial charge is 0.438 e. The molecule has 0 saturated carbocycles. The van der Waals surface area contributed by atoms with Crippen LogP contribution in [0.1, 0.15) is 24.8 Å². The van der Waals surface area contributed by atoms with Gasteiger partial charge >= 0.3 is 0 Å². The van der Waals surface area contributed by atoms with E-state index < -0.39 is 0 Å². The Kier molecular flexibility index (Phi) is 5.80. The molecule has 0 aliphatic carbocycles. The predicted molar refractivity (Wildman–Crippen MR) is 96.7 cm³/mol. The molecule has 5 heteroatoms. The molecular formula is C19H22N2O2S. The van der Waals surface area contributed by atoms with Crippen LogP contribution in [0.5, 0.6) is 0 Å². The second-order valence-electron chi connectivity index (χ2n) is 5.85. The molecule has 0 radical (unpaired) electrons. The van der Waals surface area contributed by atoms with E-state index in [2.05, 4.69) is 28.9 Å². The number of hydrogen-bond acceptors (Lipinski definition) is 5. The Morgan fingerprint density at radius 1 is 1.17 bits per heavy atom. The molecule has 3 rings (SSSR count). The van der Waals surface area contributed by atoms with Crippen LogP contribution in [-0.4, -0.2) is 27.6 Å². The molecular weight excluding hydrogens is 320 g/mol. The van der Waals surface area contributed by atoms with Crippen molar-refractivity contribution in [2.75, 3.05) is 6.61 Å². The highest BCUT2D eigenvalue weighted by Crippen LogP contribution is 2.26. The fourth-order valence-corrected chi connectivity index (χ4v) is 3.32. The van der Waals surface area contributed by atoms with Gasteiger partial charge in [0, 0.05) is 19.2 Å². The summed E-state index contributed by atoms with van der Waals surface area (Å²) < 4.78 is 5.92. The minimum atomic E-state index is 0.179. The molecule has 0 spiro atoms. The van der Waals surface area contributed by atoms with Crippen molar-refractivity contribution < 1.29 is 9.52 Å². The minimum absolute atomic E-state index is 0.179. The van der Waals surface area contributed by atoms with Gasteiger partial charge in [0.25, 0.3) is 0 Å². The first-order chi connectivity index (χ1) is 11.8. The van der Waals surface area contributed by atoms with Crippen LogP contribution in [0, 0.1) is 0 Å². The maximum absolute atomic E-state index is 9.28. The zero-order valence-electron chi connectivity index (χ0n) is 13.8. The third-order valence-corrected chi connectivity index (χ3v) is 4.94. The highest BCUT2D eigenvalue weighted by atomic mass is 32.1. The van der Waals surface area contributed by atoms with E-state index in [-0.39, 0.29) is 12.6 Å². The molecule has 4 nitrogen and oxygen atoms in total. The average Bonchev–Trinajstić information content (AvgIpc) is 3.27. The summed E-state index contributed by atoms with van der Waals surface area (Å²) in [7, 11) is 0. The topological polar surface area (TPSA) is 49.5 Å². The number of nitrogens with zero attached hydrogens (tertiary/aromatic N) is 2. The van der Waals surface area contributed by atoms with E-state index in [0.29, 0.717) is 12.4 Å². The van der Waals surface area contributed by atoms with Crippen molar-refractivity contribution in [1.82, 2.24) is 9.88 Å². The average molecular weight is 342 g/mol. The maximum atomic E-state index is 9.28. The Hall–Kier alpha value is -1.95. The molecule has 0 amide bonds. The van der Waals surface area contributed by atoms with Gasteiger partial charge in [-0.25, -0.2) is 4.98 Å². The summed E-state index contributed by atoms with van der Waals surface area (Å²) in [5.41, 5.74) is 1.24. The number of aliphatic hydroxyl groups excluding tert-OH is 1. The highest BCUT2D eigenvalue weighted by Gasteiger charge is 2.17. The van der Waals surface area contributed by atoms with Crippen LogP contribution in [0.3, 0.4) is 0 Å². The van der Waals surface area contributed by atoms with Crippen LogP contribution in [0.4, 0.5) is 0 Å². The van der Waals surface area contributed by atoms with Crippen molar-refractivity contribution in [2.45, 2.75) is 32.5 Å². The molecule has 1 atom stereocenters. The second kappa shape index (κ2) is 8.24. The Morgan fingerprint density at radius 3 is 2.71 bits per heavy atom. The van der Waals surface area contributed by atoms with E-state index >= 15 is 0 Å². The molecule has 0 fully saturated rings. The van der Waals surface area contributed by atoms with Crippen LogP contribution in [-0.2, 0) is 13.1 Å². The van der Waals surface area contributed by atoms with Crippen molar-refractivity contribution >= 4 is 11.3 Å². The molecule has 0 saturated heterocycles. The normalized spacial score (nSPS) is 12.6. The fraction of sp³-hybridized carbons (Fsp3) is 0.316. The number of rotatable bonds is 8. The molecule has 1 aromatic carbocycles. The molecule has 0 aliphatic heterocycles. The smallest absolute Gasteiger partial charge is 0.209 e. The number of thiophene rings is 1. The molecule has 0 bridgehead atoms. The van der Waals surface area contributed by atoms with Crippen LogP contribution in [0.2, 0.25) is 0 Å². The predicted octanol–water partition coefficient (Wildman–Crippen LogP) is 4.18. The molecule has 1 unspecified atom stereocenters. The van der Waals surface area contributed by atoms with E-state index in [9.17, 15) is 5.11 Å². The van der Waals surface area contributed by atoms with E-state index in [1.165, 1.54) is 5.56 Å². The Bertz CT molecular complexity index is 725. The summed E-state index contributed by atoms with van der Waals surface area (Å²) in [6.07, 6.45) is 2.52. The van der Waals surface area contributed by atoms with Gasteiger partial charge in [0.2, 0.25) is 5.89 Å².